The second kappa shape index (κ2) is 7.03. The van der Waals surface area contributed by atoms with Gasteiger partial charge in [0.25, 0.3) is 0 Å². The highest BCUT2D eigenvalue weighted by molar-refractivity contribution is 7.89. The van der Waals surface area contributed by atoms with Crippen LogP contribution >= 0.6 is 34.8 Å². The van der Waals surface area contributed by atoms with Gasteiger partial charge < -0.3 is 0 Å². The Kier molecular flexibility index (Phi) is 5.88. The van der Waals surface area contributed by atoms with Gasteiger partial charge in [-0.1, -0.05) is 34.8 Å². The van der Waals surface area contributed by atoms with Gasteiger partial charge in [0.05, 0.1) is 15.8 Å². The average Bonchev–Trinajstić information content (AvgIpc) is 2.46. The minimum atomic E-state index is -3.93. The molecule has 0 saturated carbocycles. The van der Waals surface area contributed by atoms with Crippen molar-refractivity contribution in [1.82, 2.24) is 8.61 Å². The van der Waals surface area contributed by atoms with E-state index in [9.17, 15) is 16.8 Å². The van der Waals surface area contributed by atoms with Crippen molar-refractivity contribution in [2.24, 2.45) is 0 Å². The molecule has 0 unspecified atom stereocenters. The number of hydrogen-bond donors (Lipinski definition) is 0. The van der Waals surface area contributed by atoms with Crippen molar-refractivity contribution in [3.05, 3.63) is 27.2 Å². The molecule has 0 radical (unpaired) electrons. The molecular formula is C12H15Cl3N2O4S2. The Balaban J connectivity index is 2.27. The average molecular weight is 422 g/mol. The van der Waals surface area contributed by atoms with E-state index in [1.54, 1.807) is 6.92 Å². The summed E-state index contributed by atoms with van der Waals surface area (Å²) >= 11 is 17.8. The molecule has 1 aromatic carbocycles. The van der Waals surface area contributed by atoms with E-state index >= 15 is 0 Å². The Hall–Kier alpha value is -0.0900. The monoisotopic (exact) mass is 420 g/mol. The fourth-order valence-electron chi connectivity index (χ4n) is 2.28. The topological polar surface area (TPSA) is 74.8 Å². The van der Waals surface area contributed by atoms with Crippen LogP contribution in [0.15, 0.2) is 17.0 Å². The first-order valence-electron chi connectivity index (χ1n) is 6.72. The molecule has 130 valence electrons. The largest absolute Gasteiger partial charge is 0.246 e. The Labute approximate surface area is 151 Å². The number of hydrogen-bond acceptors (Lipinski definition) is 4. The van der Waals surface area contributed by atoms with Gasteiger partial charge in [-0.3, -0.25) is 0 Å². The molecular weight excluding hydrogens is 407 g/mol. The maximum Gasteiger partial charge on any atom is 0.246 e. The van der Waals surface area contributed by atoms with E-state index in [0.717, 1.165) is 0 Å². The predicted molar refractivity (Wildman–Crippen MR) is 91.3 cm³/mol. The standard InChI is InChI=1S/C12H15Cl3N2O4S2/c1-2-22(18,19)16-3-5-17(6-4-16)23(20,21)12-10(14)7-9(13)8-11(12)15/h7-8H,2-6H2,1H3. The first-order valence-corrected chi connectivity index (χ1v) is 10.9. The number of piperazine rings is 1. The van der Waals surface area contributed by atoms with E-state index in [0.29, 0.717) is 0 Å². The minimum absolute atomic E-state index is 0.0193. The molecule has 1 aliphatic rings. The van der Waals surface area contributed by atoms with Crippen molar-refractivity contribution in [2.45, 2.75) is 11.8 Å². The van der Waals surface area contributed by atoms with E-state index in [1.165, 1.54) is 20.7 Å². The molecule has 1 heterocycles. The lowest BCUT2D eigenvalue weighted by atomic mass is 10.4. The van der Waals surface area contributed by atoms with Crippen LogP contribution in [0, 0.1) is 0 Å². The van der Waals surface area contributed by atoms with Crippen LogP contribution in [0.2, 0.25) is 15.1 Å². The Morgan fingerprint density at radius 3 is 1.78 bits per heavy atom. The first-order chi connectivity index (χ1) is 10.6. The highest BCUT2D eigenvalue weighted by atomic mass is 35.5. The lowest BCUT2D eigenvalue weighted by Gasteiger charge is -2.33. The molecule has 0 atom stereocenters. The smallest absolute Gasteiger partial charge is 0.212 e. The van der Waals surface area contributed by atoms with Crippen LogP contribution in [-0.2, 0) is 20.0 Å². The third-order valence-electron chi connectivity index (χ3n) is 3.52. The number of benzene rings is 1. The lowest BCUT2D eigenvalue weighted by Crippen LogP contribution is -2.50. The molecule has 0 spiro atoms. The van der Waals surface area contributed by atoms with Crippen molar-refractivity contribution in [2.75, 3.05) is 31.9 Å². The molecule has 23 heavy (non-hydrogen) atoms. The first kappa shape index (κ1) is 19.2. The zero-order chi connectivity index (χ0) is 17.4. The number of nitrogens with zero attached hydrogens (tertiary/aromatic N) is 2. The maximum atomic E-state index is 12.7. The molecule has 0 N–H and O–H groups in total. The normalized spacial score (nSPS) is 18.3. The van der Waals surface area contributed by atoms with Crippen molar-refractivity contribution in [3.63, 3.8) is 0 Å². The van der Waals surface area contributed by atoms with Gasteiger partial charge in [-0.2, -0.15) is 8.61 Å². The SMILES string of the molecule is CCS(=O)(=O)N1CCN(S(=O)(=O)c2c(Cl)cc(Cl)cc2Cl)CC1. The summed E-state index contributed by atoms with van der Waals surface area (Å²) in [5, 5.41) is 0.107. The molecule has 1 fully saturated rings. The number of sulfonamides is 2. The third kappa shape index (κ3) is 3.95. The summed E-state index contributed by atoms with van der Waals surface area (Å²) in [6, 6.07) is 2.61. The predicted octanol–water partition coefficient (Wildman–Crippen LogP) is 2.30. The van der Waals surface area contributed by atoms with Crippen LogP contribution in [0.3, 0.4) is 0 Å². The Bertz CT molecular complexity index is 781. The van der Waals surface area contributed by atoms with E-state index in [2.05, 4.69) is 0 Å². The zero-order valence-corrected chi connectivity index (χ0v) is 16.1. The second-order valence-electron chi connectivity index (χ2n) is 4.90. The molecule has 0 aromatic heterocycles. The zero-order valence-electron chi connectivity index (χ0n) is 12.2. The molecule has 0 aliphatic carbocycles. The van der Waals surface area contributed by atoms with Crippen LogP contribution in [0.4, 0.5) is 0 Å². The summed E-state index contributed by atoms with van der Waals surface area (Å²) < 4.78 is 51.5. The third-order valence-corrected chi connectivity index (χ3v) is 8.44. The fraction of sp³-hybridized carbons (Fsp3) is 0.500. The van der Waals surface area contributed by atoms with E-state index < -0.39 is 20.0 Å². The summed E-state index contributed by atoms with van der Waals surface area (Å²) in [5.74, 6) is -0.0193. The van der Waals surface area contributed by atoms with Crippen LogP contribution < -0.4 is 0 Å². The summed E-state index contributed by atoms with van der Waals surface area (Å²) in [6.07, 6.45) is 0. The molecule has 2 rings (SSSR count). The van der Waals surface area contributed by atoms with Gasteiger partial charge in [0.15, 0.2) is 0 Å². The van der Waals surface area contributed by atoms with Crippen molar-refractivity contribution in [1.29, 1.82) is 0 Å². The van der Waals surface area contributed by atoms with Gasteiger partial charge in [0, 0.05) is 31.2 Å². The van der Waals surface area contributed by atoms with E-state index in [-0.39, 0.29) is 51.9 Å². The molecule has 0 bridgehead atoms. The maximum absolute atomic E-state index is 12.7. The van der Waals surface area contributed by atoms with Gasteiger partial charge in [0.1, 0.15) is 4.90 Å². The fourth-order valence-corrected chi connectivity index (χ4v) is 6.28. The summed E-state index contributed by atoms with van der Waals surface area (Å²) in [4.78, 5) is -0.211. The lowest BCUT2D eigenvalue weighted by molar-refractivity contribution is 0.273. The molecule has 0 amide bonds. The minimum Gasteiger partial charge on any atom is -0.212 e. The van der Waals surface area contributed by atoms with Crippen LogP contribution in [-0.4, -0.2) is 57.4 Å². The second-order valence-corrected chi connectivity index (χ2v) is 10.3. The number of halogens is 3. The molecule has 11 heteroatoms. The van der Waals surface area contributed by atoms with Gasteiger partial charge in [0.2, 0.25) is 20.0 Å². The van der Waals surface area contributed by atoms with Gasteiger partial charge >= 0.3 is 0 Å². The molecule has 6 nitrogen and oxygen atoms in total. The highest BCUT2D eigenvalue weighted by Crippen LogP contribution is 2.34. The Morgan fingerprint density at radius 2 is 1.35 bits per heavy atom. The van der Waals surface area contributed by atoms with Crippen molar-refractivity contribution in [3.8, 4) is 0 Å². The Morgan fingerprint density at radius 1 is 0.913 bits per heavy atom. The molecule has 1 saturated heterocycles. The van der Waals surface area contributed by atoms with Gasteiger partial charge in [-0.05, 0) is 19.1 Å². The van der Waals surface area contributed by atoms with Crippen molar-refractivity contribution >= 4 is 54.8 Å². The van der Waals surface area contributed by atoms with Crippen LogP contribution in [0.5, 0.6) is 0 Å². The quantitative estimate of drug-likeness (QED) is 0.747. The summed E-state index contributed by atoms with van der Waals surface area (Å²) in [5.41, 5.74) is 0. The van der Waals surface area contributed by atoms with E-state index in [4.69, 9.17) is 34.8 Å². The number of rotatable bonds is 4. The summed E-state index contributed by atoms with van der Waals surface area (Å²) in [7, 11) is -7.26. The van der Waals surface area contributed by atoms with Crippen LogP contribution in [0.1, 0.15) is 6.92 Å². The summed E-state index contributed by atoms with van der Waals surface area (Å²) in [6.45, 7) is 1.82. The van der Waals surface area contributed by atoms with E-state index in [1.807, 2.05) is 0 Å². The van der Waals surface area contributed by atoms with Gasteiger partial charge in [-0.25, -0.2) is 16.8 Å². The van der Waals surface area contributed by atoms with Gasteiger partial charge in [-0.15, -0.1) is 0 Å². The molecule has 1 aromatic rings. The molecule has 1 aliphatic heterocycles. The highest BCUT2D eigenvalue weighted by Gasteiger charge is 2.34. The van der Waals surface area contributed by atoms with Crippen molar-refractivity contribution < 1.29 is 16.8 Å². The van der Waals surface area contributed by atoms with Crippen LogP contribution in [0.25, 0.3) is 0 Å².